The van der Waals surface area contributed by atoms with Gasteiger partial charge in [-0.25, -0.2) is 0 Å². The van der Waals surface area contributed by atoms with Gasteiger partial charge in [0, 0.05) is 38.8 Å². The largest absolute Gasteiger partial charge is 0.310 e. The predicted octanol–water partition coefficient (Wildman–Crippen LogP) is 12.8. The number of nitrogens with zero attached hydrogens (tertiary/aromatic N) is 3. The first-order valence-electron chi connectivity index (χ1n) is 18.3. The van der Waals surface area contributed by atoms with Crippen LogP contribution in [0.1, 0.15) is 23.7 Å². The van der Waals surface area contributed by atoms with Crippen molar-refractivity contribution >= 4 is 38.8 Å². The smallest absolute Gasteiger partial charge is 0.0991 e. The first-order chi connectivity index (χ1) is 26.2. The first kappa shape index (κ1) is 30.9. The van der Waals surface area contributed by atoms with E-state index in [0.29, 0.717) is 11.5 Å². The summed E-state index contributed by atoms with van der Waals surface area (Å²) in [5, 5.41) is 13.3. The van der Waals surface area contributed by atoms with E-state index in [1.54, 1.807) is 0 Å². The van der Waals surface area contributed by atoms with Gasteiger partial charge in [0.1, 0.15) is 0 Å². The van der Waals surface area contributed by atoms with Crippen molar-refractivity contribution < 1.29 is 0 Å². The summed E-state index contributed by atoms with van der Waals surface area (Å²) in [6.07, 6.45) is 5.58. The van der Waals surface area contributed by atoms with Crippen molar-refractivity contribution in [2.45, 2.75) is 13.3 Å². The van der Waals surface area contributed by atoms with E-state index in [2.05, 4.69) is 186 Å². The number of allylic oxidation sites excluding steroid dienone is 1. The van der Waals surface area contributed by atoms with Crippen LogP contribution in [0.3, 0.4) is 0 Å². The van der Waals surface area contributed by atoms with Crippen LogP contribution >= 0.6 is 0 Å². The summed E-state index contributed by atoms with van der Waals surface area (Å²) in [7, 11) is 0. The number of fused-ring (bicyclic) bond motifs is 6. The molecule has 0 bridgehead atoms. The molecule has 53 heavy (non-hydrogen) atoms. The Hall–Kier alpha value is -6.89. The summed E-state index contributed by atoms with van der Waals surface area (Å²) in [6.45, 7) is 2.30. The van der Waals surface area contributed by atoms with Crippen LogP contribution in [0.2, 0.25) is 0 Å². The van der Waals surface area contributed by atoms with Crippen molar-refractivity contribution in [3.05, 3.63) is 187 Å². The van der Waals surface area contributed by atoms with Crippen molar-refractivity contribution in [2.75, 3.05) is 0 Å². The number of aromatic nitrogens is 2. The molecule has 0 N–H and O–H groups in total. The van der Waals surface area contributed by atoms with Crippen LogP contribution in [0, 0.1) is 17.2 Å². The maximum Gasteiger partial charge on any atom is 0.0991 e. The Bertz CT molecular complexity index is 2930. The van der Waals surface area contributed by atoms with Crippen LogP contribution in [-0.4, -0.2) is 9.13 Å². The lowest BCUT2D eigenvalue weighted by atomic mass is 9.86. The molecule has 7 aromatic carbocycles. The number of benzene rings is 7. The Balaban J connectivity index is 1.23. The average molecular weight is 678 g/mol. The molecule has 0 fully saturated rings. The average Bonchev–Trinajstić information content (AvgIpc) is 3.74. The van der Waals surface area contributed by atoms with Crippen molar-refractivity contribution in [2.24, 2.45) is 5.92 Å². The quantitative estimate of drug-likeness (QED) is 0.178. The molecule has 0 amide bonds. The Morgan fingerprint density at radius 1 is 0.509 bits per heavy atom. The van der Waals surface area contributed by atoms with Crippen LogP contribution < -0.4 is 0 Å². The van der Waals surface area contributed by atoms with Crippen LogP contribution in [0.25, 0.3) is 83.5 Å². The molecule has 1 atom stereocenters. The molecular weight excluding hydrogens is 643 g/mol. The molecule has 2 heterocycles. The third-order valence-electron chi connectivity index (χ3n) is 10.9. The Morgan fingerprint density at radius 2 is 1.06 bits per heavy atom. The standard InChI is InChI=1S/C50H35N3/c1-33-25-30-47-45(31-33)49-42(20-12-24-48(49)52(47)36-28-26-34(32-51)27-29-36)39-17-7-5-15-37(39)38-16-6-8-18-40(38)43-21-11-22-44-41-19-9-10-23-46(41)53(50(43)44)35-13-3-2-4-14-35/h2-30,33H,31H2,1H3. The minimum atomic E-state index is 0.434. The van der Waals surface area contributed by atoms with E-state index >= 15 is 0 Å². The second-order valence-electron chi connectivity index (χ2n) is 14.1. The SMILES string of the molecule is CC1C=Cc2c(c3c(-c4ccccc4-c4ccccc4-c4cccc5c6ccccc6n(-c6ccccc6)c45)cccc3n2-c2ccc(C#N)cc2)C1. The molecule has 250 valence electrons. The maximum absolute atomic E-state index is 9.51. The third-order valence-corrected chi connectivity index (χ3v) is 10.9. The molecule has 3 heteroatoms. The Labute approximate surface area is 308 Å². The lowest BCUT2D eigenvalue weighted by Crippen LogP contribution is -2.05. The molecule has 0 spiro atoms. The molecule has 0 saturated carbocycles. The van der Waals surface area contributed by atoms with Gasteiger partial charge in [0.25, 0.3) is 0 Å². The maximum atomic E-state index is 9.51. The molecule has 10 rings (SSSR count). The first-order valence-corrected chi connectivity index (χ1v) is 18.3. The molecule has 0 aliphatic heterocycles. The Morgan fingerprint density at radius 3 is 1.79 bits per heavy atom. The normalized spacial score (nSPS) is 13.8. The van der Waals surface area contributed by atoms with Gasteiger partial charge in [0.05, 0.1) is 28.2 Å². The molecule has 3 nitrogen and oxygen atoms in total. The van der Waals surface area contributed by atoms with Gasteiger partial charge >= 0.3 is 0 Å². The van der Waals surface area contributed by atoms with Gasteiger partial charge in [-0.3, -0.25) is 0 Å². The van der Waals surface area contributed by atoms with E-state index in [-0.39, 0.29) is 0 Å². The molecule has 0 radical (unpaired) electrons. The second kappa shape index (κ2) is 12.4. The monoisotopic (exact) mass is 677 g/mol. The van der Waals surface area contributed by atoms with Gasteiger partial charge in [-0.1, -0.05) is 128 Å². The number of para-hydroxylation sites is 3. The highest BCUT2D eigenvalue weighted by Crippen LogP contribution is 2.46. The third kappa shape index (κ3) is 4.88. The lowest BCUT2D eigenvalue weighted by Gasteiger charge is -2.18. The molecule has 9 aromatic rings. The van der Waals surface area contributed by atoms with Gasteiger partial charge in [-0.15, -0.1) is 0 Å². The number of rotatable bonds is 5. The Kier molecular flexibility index (Phi) is 7.23. The zero-order valence-electron chi connectivity index (χ0n) is 29.4. The number of hydrogen-bond acceptors (Lipinski definition) is 1. The predicted molar refractivity (Wildman–Crippen MR) is 221 cm³/mol. The number of nitriles is 1. The van der Waals surface area contributed by atoms with Gasteiger partial charge in [0.15, 0.2) is 0 Å². The summed E-state index contributed by atoms with van der Waals surface area (Å²) in [4.78, 5) is 0. The van der Waals surface area contributed by atoms with E-state index in [4.69, 9.17) is 0 Å². The van der Waals surface area contributed by atoms with Gasteiger partial charge in [-0.05, 0) is 100 Å². The highest BCUT2D eigenvalue weighted by molar-refractivity contribution is 6.15. The van der Waals surface area contributed by atoms with Gasteiger partial charge < -0.3 is 9.13 Å². The molecule has 2 aromatic heterocycles. The van der Waals surface area contributed by atoms with Crippen LogP contribution in [0.4, 0.5) is 0 Å². The minimum Gasteiger partial charge on any atom is -0.310 e. The summed E-state index contributed by atoms with van der Waals surface area (Å²) in [5.74, 6) is 0.434. The van der Waals surface area contributed by atoms with Crippen molar-refractivity contribution in [1.82, 2.24) is 9.13 Å². The number of hydrogen-bond donors (Lipinski definition) is 0. The molecule has 1 aliphatic rings. The molecule has 1 unspecified atom stereocenters. The molecular formula is C50H35N3. The van der Waals surface area contributed by atoms with Crippen molar-refractivity contribution in [3.8, 4) is 50.8 Å². The summed E-state index contributed by atoms with van der Waals surface area (Å²) in [6, 6.07) is 61.0. The topological polar surface area (TPSA) is 33.6 Å². The van der Waals surface area contributed by atoms with Gasteiger partial charge in [-0.2, -0.15) is 5.26 Å². The second-order valence-corrected chi connectivity index (χ2v) is 14.1. The summed E-state index contributed by atoms with van der Waals surface area (Å²) >= 11 is 0. The van der Waals surface area contributed by atoms with E-state index < -0.39 is 0 Å². The van der Waals surface area contributed by atoms with E-state index in [9.17, 15) is 5.26 Å². The van der Waals surface area contributed by atoms with E-state index in [1.165, 1.54) is 77.3 Å². The molecule has 1 aliphatic carbocycles. The summed E-state index contributed by atoms with van der Waals surface area (Å²) < 4.78 is 4.80. The lowest BCUT2D eigenvalue weighted by molar-refractivity contribution is 0.718. The highest BCUT2D eigenvalue weighted by Gasteiger charge is 2.25. The minimum absolute atomic E-state index is 0.434. The zero-order valence-corrected chi connectivity index (χ0v) is 29.4. The molecule has 0 saturated heterocycles. The van der Waals surface area contributed by atoms with E-state index in [1.807, 2.05) is 12.1 Å². The van der Waals surface area contributed by atoms with Crippen LogP contribution in [0.5, 0.6) is 0 Å². The highest BCUT2D eigenvalue weighted by atomic mass is 15.0. The van der Waals surface area contributed by atoms with Crippen molar-refractivity contribution in [1.29, 1.82) is 5.26 Å². The van der Waals surface area contributed by atoms with Gasteiger partial charge in [0.2, 0.25) is 0 Å². The van der Waals surface area contributed by atoms with Crippen LogP contribution in [-0.2, 0) is 6.42 Å². The summed E-state index contributed by atoms with van der Waals surface area (Å²) in [5.41, 5.74) is 16.3. The van der Waals surface area contributed by atoms with Crippen LogP contribution in [0.15, 0.2) is 170 Å². The van der Waals surface area contributed by atoms with Crippen molar-refractivity contribution in [3.63, 3.8) is 0 Å². The fourth-order valence-electron chi connectivity index (χ4n) is 8.64. The van der Waals surface area contributed by atoms with E-state index in [0.717, 1.165) is 17.8 Å². The fraction of sp³-hybridized carbons (Fsp3) is 0.0600. The fourth-order valence-corrected chi connectivity index (χ4v) is 8.64. The zero-order chi connectivity index (χ0) is 35.5.